The summed E-state index contributed by atoms with van der Waals surface area (Å²) in [5.41, 5.74) is -0.743. The van der Waals surface area contributed by atoms with E-state index in [0.717, 1.165) is 6.07 Å². The molecule has 0 amide bonds. The minimum absolute atomic E-state index is 0.285. The second-order valence-corrected chi connectivity index (χ2v) is 3.05. The van der Waals surface area contributed by atoms with Gasteiger partial charge in [0.05, 0.1) is 10.6 Å². The Balaban J connectivity index is 3.37. The highest BCUT2D eigenvalue weighted by atomic mass is 35.5. The van der Waals surface area contributed by atoms with E-state index in [1.807, 2.05) is 0 Å². The van der Waals surface area contributed by atoms with E-state index in [-0.39, 0.29) is 5.02 Å². The van der Waals surface area contributed by atoms with Gasteiger partial charge in [0.25, 0.3) is 0 Å². The van der Waals surface area contributed by atoms with Crippen LogP contribution < -0.4 is 0 Å². The summed E-state index contributed by atoms with van der Waals surface area (Å²) in [7, 11) is 0. The first-order valence-corrected chi connectivity index (χ1v) is 3.76. The molecule has 0 bridgehead atoms. The van der Waals surface area contributed by atoms with Crippen molar-refractivity contribution in [2.24, 2.45) is 0 Å². The van der Waals surface area contributed by atoms with Crippen LogP contribution in [-0.4, -0.2) is 5.11 Å². The number of rotatable bonds is 0. The molecule has 0 atom stereocenters. The van der Waals surface area contributed by atoms with Gasteiger partial charge in [-0.3, -0.25) is 0 Å². The third kappa shape index (κ3) is 2.06. The number of hydrogen-bond donors (Lipinski definition) is 1. The molecule has 0 aromatic heterocycles. The Morgan fingerprint density at radius 1 is 1.31 bits per heavy atom. The largest absolute Gasteiger partial charge is 0.506 e. The zero-order chi connectivity index (χ0) is 10.2. The predicted molar refractivity (Wildman–Crippen MR) is 42.9 cm³/mol. The minimum Gasteiger partial charge on any atom is -0.506 e. The Morgan fingerprint density at radius 2 is 1.85 bits per heavy atom. The van der Waals surface area contributed by atoms with Gasteiger partial charge in [-0.2, -0.15) is 13.2 Å². The maximum atomic E-state index is 12.2. The van der Waals surface area contributed by atoms with Crippen molar-refractivity contribution in [3.63, 3.8) is 0 Å². The normalized spacial score (nSPS) is 11.8. The van der Waals surface area contributed by atoms with Crippen LogP contribution in [0.3, 0.4) is 0 Å². The Bertz CT molecular complexity index is 333. The van der Waals surface area contributed by atoms with Crippen molar-refractivity contribution < 1.29 is 18.3 Å². The highest BCUT2D eigenvalue weighted by molar-refractivity contribution is 6.32. The van der Waals surface area contributed by atoms with Gasteiger partial charge in [-0.25, -0.2) is 0 Å². The molecule has 0 aliphatic carbocycles. The number of phenolic OH excluding ortho intramolecular Hbond substituents is 1. The molecule has 0 heterocycles. The summed E-state index contributed by atoms with van der Waals surface area (Å²) in [4.78, 5) is 0. The summed E-state index contributed by atoms with van der Waals surface area (Å²) in [6.07, 6.45) is -4.57. The lowest BCUT2D eigenvalue weighted by Crippen LogP contribution is -2.05. The van der Waals surface area contributed by atoms with Gasteiger partial charge in [0, 0.05) is 0 Å². The van der Waals surface area contributed by atoms with Crippen molar-refractivity contribution in [3.8, 4) is 5.75 Å². The second-order valence-electron chi connectivity index (χ2n) is 2.64. The summed E-state index contributed by atoms with van der Waals surface area (Å²) in [5, 5.41) is 8.72. The smallest absolute Gasteiger partial charge is 0.420 e. The molecule has 0 radical (unpaired) electrons. The Hall–Kier alpha value is -0.900. The van der Waals surface area contributed by atoms with E-state index >= 15 is 0 Å². The third-order valence-electron chi connectivity index (χ3n) is 1.51. The zero-order valence-electron chi connectivity index (χ0n) is 6.61. The molecule has 0 aliphatic rings. The first kappa shape index (κ1) is 10.2. The quantitative estimate of drug-likeness (QED) is 0.696. The molecule has 1 rings (SSSR count). The molecule has 0 saturated heterocycles. The van der Waals surface area contributed by atoms with Crippen molar-refractivity contribution in [2.75, 3.05) is 0 Å². The van der Waals surface area contributed by atoms with Crippen LogP contribution in [0.2, 0.25) is 5.02 Å². The molecule has 0 unspecified atom stereocenters. The predicted octanol–water partition coefficient (Wildman–Crippen LogP) is 3.37. The Morgan fingerprint density at radius 3 is 2.31 bits per heavy atom. The molecule has 72 valence electrons. The van der Waals surface area contributed by atoms with Gasteiger partial charge in [-0.15, -0.1) is 0 Å². The highest BCUT2D eigenvalue weighted by Gasteiger charge is 2.34. The molecular formula is C8H6ClF3O. The molecule has 13 heavy (non-hydrogen) atoms. The third-order valence-corrected chi connectivity index (χ3v) is 1.80. The molecule has 1 aromatic rings. The number of benzene rings is 1. The number of halogens is 4. The van der Waals surface area contributed by atoms with E-state index in [1.165, 1.54) is 13.0 Å². The first-order valence-electron chi connectivity index (χ1n) is 3.38. The molecule has 0 saturated carbocycles. The molecule has 0 fully saturated rings. The Labute approximate surface area is 77.8 Å². The van der Waals surface area contributed by atoms with Crippen molar-refractivity contribution in [1.29, 1.82) is 0 Å². The number of alkyl halides is 3. The van der Waals surface area contributed by atoms with Crippen LogP contribution in [0.1, 0.15) is 11.1 Å². The van der Waals surface area contributed by atoms with Crippen molar-refractivity contribution >= 4 is 11.6 Å². The minimum atomic E-state index is -4.57. The lowest BCUT2D eigenvalue weighted by Gasteiger charge is -2.10. The number of hydrogen-bond acceptors (Lipinski definition) is 1. The summed E-state index contributed by atoms with van der Waals surface area (Å²) in [5.74, 6) is -0.917. The fraction of sp³-hybridized carbons (Fsp3) is 0.250. The number of aromatic hydroxyl groups is 1. The van der Waals surface area contributed by atoms with Crippen LogP contribution in [0, 0.1) is 6.92 Å². The maximum Gasteiger partial charge on any atom is 0.420 e. The molecular weight excluding hydrogens is 205 g/mol. The van der Waals surface area contributed by atoms with Crippen LogP contribution in [0.25, 0.3) is 0 Å². The van der Waals surface area contributed by atoms with Crippen molar-refractivity contribution in [2.45, 2.75) is 13.1 Å². The van der Waals surface area contributed by atoms with Gasteiger partial charge in [0.15, 0.2) is 0 Å². The molecule has 5 heteroatoms. The van der Waals surface area contributed by atoms with E-state index < -0.39 is 17.5 Å². The van der Waals surface area contributed by atoms with E-state index in [2.05, 4.69) is 0 Å². The summed E-state index contributed by atoms with van der Waals surface area (Å²) < 4.78 is 36.6. The van der Waals surface area contributed by atoms with Crippen LogP contribution in [-0.2, 0) is 6.18 Å². The van der Waals surface area contributed by atoms with E-state index in [4.69, 9.17) is 16.7 Å². The Kier molecular flexibility index (Phi) is 2.43. The molecule has 1 N–H and O–H groups in total. The van der Waals surface area contributed by atoms with Crippen molar-refractivity contribution in [3.05, 3.63) is 28.3 Å². The van der Waals surface area contributed by atoms with Crippen LogP contribution in [0.15, 0.2) is 12.1 Å². The molecule has 0 spiro atoms. The first-order chi connectivity index (χ1) is 5.82. The van der Waals surface area contributed by atoms with Crippen molar-refractivity contribution in [1.82, 2.24) is 0 Å². The van der Waals surface area contributed by atoms with Gasteiger partial charge < -0.3 is 5.11 Å². The number of phenols is 1. The van der Waals surface area contributed by atoms with Gasteiger partial charge >= 0.3 is 6.18 Å². The lowest BCUT2D eigenvalue weighted by molar-refractivity contribution is -0.138. The molecule has 1 aromatic carbocycles. The summed E-state index contributed by atoms with van der Waals surface area (Å²) in [6, 6.07) is 2.12. The highest BCUT2D eigenvalue weighted by Crippen LogP contribution is 2.39. The van der Waals surface area contributed by atoms with Gasteiger partial charge in [0.2, 0.25) is 0 Å². The summed E-state index contributed by atoms with van der Waals surface area (Å²) >= 11 is 5.38. The topological polar surface area (TPSA) is 20.2 Å². The fourth-order valence-corrected chi connectivity index (χ4v) is 1.22. The van der Waals surface area contributed by atoms with Crippen LogP contribution in [0.5, 0.6) is 5.75 Å². The average molecular weight is 211 g/mol. The van der Waals surface area contributed by atoms with Gasteiger partial charge in [-0.1, -0.05) is 11.6 Å². The van der Waals surface area contributed by atoms with Gasteiger partial charge in [0.1, 0.15) is 5.75 Å². The maximum absolute atomic E-state index is 12.2. The lowest BCUT2D eigenvalue weighted by atomic mass is 10.1. The van der Waals surface area contributed by atoms with E-state index in [9.17, 15) is 13.2 Å². The SMILES string of the molecule is Cc1cc(Cl)c(O)c(C(F)(F)F)c1. The zero-order valence-corrected chi connectivity index (χ0v) is 7.37. The standard InChI is InChI=1S/C8H6ClF3O/c1-4-2-5(8(10,11)12)7(13)6(9)3-4/h2-3,13H,1H3. The van der Waals surface area contributed by atoms with Crippen LogP contribution >= 0.6 is 11.6 Å². The van der Waals surface area contributed by atoms with E-state index in [1.54, 1.807) is 0 Å². The second kappa shape index (κ2) is 3.10. The molecule has 1 nitrogen and oxygen atoms in total. The monoisotopic (exact) mass is 210 g/mol. The fourth-order valence-electron chi connectivity index (χ4n) is 0.951. The van der Waals surface area contributed by atoms with E-state index in [0.29, 0.717) is 5.56 Å². The average Bonchev–Trinajstić information content (AvgIpc) is 1.94. The summed E-state index contributed by atoms with van der Waals surface area (Å²) in [6.45, 7) is 1.47. The van der Waals surface area contributed by atoms with Gasteiger partial charge in [-0.05, 0) is 24.6 Å². The molecule has 0 aliphatic heterocycles. The number of aryl methyl sites for hydroxylation is 1. The van der Waals surface area contributed by atoms with Crippen LogP contribution in [0.4, 0.5) is 13.2 Å².